The Morgan fingerprint density at radius 3 is 2.52 bits per heavy atom. The van der Waals surface area contributed by atoms with Crippen LogP contribution in [0.1, 0.15) is 35.2 Å². The molecule has 1 heterocycles. The zero-order valence-corrected chi connectivity index (χ0v) is 16.1. The maximum Gasteiger partial charge on any atom is 0.254 e. The Bertz CT molecular complexity index is 875. The second kappa shape index (κ2) is 9.60. The Morgan fingerprint density at radius 1 is 1.10 bits per heavy atom. The van der Waals surface area contributed by atoms with Crippen molar-refractivity contribution in [3.8, 4) is 0 Å². The van der Waals surface area contributed by atoms with Crippen LogP contribution in [-0.4, -0.2) is 41.9 Å². The predicted molar refractivity (Wildman–Crippen MR) is 106 cm³/mol. The van der Waals surface area contributed by atoms with Crippen LogP contribution < -0.4 is 11.1 Å². The molecule has 0 aliphatic carbocycles. The molecule has 2 aromatic carbocycles. The molecule has 7 heteroatoms. The highest BCUT2D eigenvalue weighted by Gasteiger charge is 2.30. The Kier molecular flexibility index (Phi) is 6.93. The summed E-state index contributed by atoms with van der Waals surface area (Å²) in [6.07, 6.45) is 1.97. The van der Waals surface area contributed by atoms with Crippen molar-refractivity contribution in [1.29, 1.82) is 0 Å². The molecule has 2 amide bonds. The summed E-state index contributed by atoms with van der Waals surface area (Å²) in [4.78, 5) is 26.6. The molecule has 5 nitrogen and oxygen atoms in total. The van der Waals surface area contributed by atoms with Gasteiger partial charge >= 0.3 is 0 Å². The number of halogens is 2. The first-order valence-electron chi connectivity index (χ1n) is 9.77. The standard InChI is InChI=1S/C22H25F2N3O2/c23-19-9-3-1-6-15(19)12-16(25)13-21(28)27-11-5-7-17(27)14-26-22(29)18-8-2-4-10-20(18)24/h1-4,6,8-10,16-17H,5,7,11-14,25H2,(H,26,29)/t16-,17+/m1/s1. The van der Waals surface area contributed by atoms with Gasteiger partial charge in [0.2, 0.25) is 5.91 Å². The molecule has 3 rings (SSSR count). The van der Waals surface area contributed by atoms with Gasteiger partial charge in [0.15, 0.2) is 0 Å². The maximum absolute atomic E-state index is 13.8. The number of rotatable bonds is 7. The number of likely N-dealkylation sites (tertiary alicyclic amines) is 1. The van der Waals surface area contributed by atoms with Crippen LogP contribution in [0.25, 0.3) is 0 Å². The quantitative estimate of drug-likeness (QED) is 0.749. The first-order valence-corrected chi connectivity index (χ1v) is 9.77. The van der Waals surface area contributed by atoms with E-state index in [4.69, 9.17) is 5.73 Å². The monoisotopic (exact) mass is 401 g/mol. The molecule has 1 saturated heterocycles. The molecule has 0 spiro atoms. The Morgan fingerprint density at radius 2 is 1.79 bits per heavy atom. The molecule has 1 aliphatic heterocycles. The van der Waals surface area contributed by atoms with Crippen molar-refractivity contribution < 1.29 is 18.4 Å². The maximum atomic E-state index is 13.8. The van der Waals surface area contributed by atoms with Crippen LogP contribution in [0.15, 0.2) is 48.5 Å². The highest BCUT2D eigenvalue weighted by molar-refractivity contribution is 5.94. The van der Waals surface area contributed by atoms with Crippen molar-refractivity contribution in [2.75, 3.05) is 13.1 Å². The van der Waals surface area contributed by atoms with Gasteiger partial charge < -0.3 is 16.0 Å². The molecule has 0 aromatic heterocycles. The fourth-order valence-corrected chi connectivity index (χ4v) is 3.69. The number of nitrogens with two attached hydrogens (primary N) is 1. The van der Waals surface area contributed by atoms with E-state index < -0.39 is 17.8 Å². The van der Waals surface area contributed by atoms with Gasteiger partial charge in [0, 0.05) is 31.6 Å². The number of nitrogens with zero attached hydrogens (tertiary/aromatic N) is 1. The number of hydrogen-bond acceptors (Lipinski definition) is 3. The summed E-state index contributed by atoms with van der Waals surface area (Å²) in [7, 11) is 0. The van der Waals surface area contributed by atoms with E-state index in [2.05, 4.69) is 5.32 Å². The Balaban J connectivity index is 1.53. The van der Waals surface area contributed by atoms with E-state index >= 15 is 0 Å². The molecule has 29 heavy (non-hydrogen) atoms. The van der Waals surface area contributed by atoms with Gasteiger partial charge in [-0.15, -0.1) is 0 Å². The fraction of sp³-hybridized carbons (Fsp3) is 0.364. The van der Waals surface area contributed by atoms with Crippen molar-refractivity contribution in [2.24, 2.45) is 5.73 Å². The number of nitrogens with one attached hydrogen (secondary N) is 1. The molecule has 1 aliphatic rings. The highest BCUT2D eigenvalue weighted by atomic mass is 19.1. The lowest BCUT2D eigenvalue weighted by molar-refractivity contribution is -0.132. The average Bonchev–Trinajstić information content (AvgIpc) is 3.17. The van der Waals surface area contributed by atoms with E-state index in [1.165, 1.54) is 24.3 Å². The van der Waals surface area contributed by atoms with Crippen molar-refractivity contribution >= 4 is 11.8 Å². The van der Waals surface area contributed by atoms with Gasteiger partial charge in [0.25, 0.3) is 5.91 Å². The number of carbonyl (C=O) groups excluding carboxylic acids is 2. The van der Waals surface area contributed by atoms with Crippen LogP contribution in [0.5, 0.6) is 0 Å². The molecule has 0 bridgehead atoms. The third kappa shape index (κ3) is 5.38. The molecule has 0 saturated carbocycles. The molecule has 2 aromatic rings. The average molecular weight is 401 g/mol. The van der Waals surface area contributed by atoms with Gasteiger partial charge in [-0.2, -0.15) is 0 Å². The van der Waals surface area contributed by atoms with Crippen LogP contribution >= 0.6 is 0 Å². The van der Waals surface area contributed by atoms with E-state index in [9.17, 15) is 18.4 Å². The summed E-state index contributed by atoms with van der Waals surface area (Å²) in [5.41, 5.74) is 6.55. The van der Waals surface area contributed by atoms with Crippen LogP contribution in [0.2, 0.25) is 0 Å². The summed E-state index contributed by atoms with van der Waals surface area (Å²) >= 11 is 0. The van der Waals surface area contributed by atoms with Crippen molar-refractivity contribution in [2.45, 2.75) is 37.8 Å². The molecule has 3 N–H and O–H groups in total. The van der Waals surface area contributed by atoms with E-state index in [0.717, 1.165) is 12.8 Å². The van der Waals surface area contributed by atoms with Crippen LogP contribution in [0.3, 0.4) is 0 Å². The second-order valence-corrected chi connectivity index (χ2v) is 7.33. The lowest BCUT2D eigenvalue weighted by atomic mass is 10.0. The number of hydrogen-bond donors (Lipinski definition) is 2. The molecule has 1 fully saturated rings. The molecule has 154 valence electrons. The number of carbonyl (C=O) groups is 2. The molecule has 0 unspecified atom stereocenters. The number of amides is 2. The molecule has 2 atom stereocenters. The van der Waals surface area contributed by atoms with Crippen LogP contribution in [0.4, 0.5) is 8.78 Å². The zero-order valence-electron chi connectivity index (χ0n) is 16.1. The molecular weight excluding hydrogens is 376 g/mol. The minimum Gasteiger partial charge on any atom is -0.350 e. The lowest BCUT2D eigenvalue weighted by Gasteiger charge is -2.26. The Hall–Kier alpha value is -2.80. The Labute approximate surface area is 168 Å². The summed E-state index contributed by atoms with van der Waals surface area (Å²) in [5, 5.41) is 2.71. The largest absolute Gasteiger partial charge is 0.350 e. The summed E-state index contributed by atoms with van der Waals surface area (Å²) < 4.78 is 27.5. The first-order chi connectivity index (χ1) is 14.0. The van der Waals surface area contributed by atoms with Crippen LogP contribution in [0, 0.1) is 11.6 Å². The first kappa shape index (κ1) is 20.9. The van der Waals surface area contributed by atoms with Crippen molar-refractivity contribution in [3.63, 3.8) is 0 Å². The fourth-order valence-electron chi connectivity index (χ4n) is 3.69. The second-order valence-electron chi connectivity index (χ2n) is 7.33. The van der Waals surface area contributed by atoms with E-state index in [1.807, 2.05) is 0 Å². The third-order valence-corrected chi connectivity index (χ3v) is 5.19. The summed E-state index contributed by atoms with van der Waals surface area (Å²) in [6, 6.07) is 11.5. The van der Waals surface area contributed by atoms with Gasteiger partial charge in [-0.3, -0.25) is 9.59 Å². The molecule has 0 radical (unpaired) electrons. The smallest absolute Gasteiger partial charge is 0.254 e. The van der Waals surface area contributed by atoms with Crippen molar-refractivity contribution in [1.82, 2.24) is 10.2 Å². The highest BCUT2D eigenvalue weighted by Crippen LogP contribution is 2.19. The predicted octanol–water partition coefficient (Wildman–Crippen LogP) is 2.65. The summed E-state index contributed by atoms with van der Waals surface area (Å²) in [6.45, 7) is 0.840. The van der Waals surface area contributed by atoms with Crippen molar-refractivity contribution in [3.05, 3.63) is 71.3 Å². The topological polar surface area (TPSA) is 75.4 Å². The van der Waals surface area contributed by atoms with Crippen LogP contribution in [-0.2, 0) is 11.2 Å². The van der Waals surface area contributed by atoms with Gasteiger partial charge in [0.05, 0.1) is 5.56 Å². The molecular formula is C22H25F2N3O2. The van der Waals surface area contributed by atoms with E-state index in [-0.39, 0.29) is 42.7 Å². The minimum absolute atomic E-state index is 0.0183. The van der Waals surface area contributed by atoms with E-state index in [1.54, 1.807) is 29.2 Å². The number of benzene rings is 2. The van der Waals surface area contributed by atoms with Gasteiger partial charge in [-0.1, -0.05) is 30.3 Å². The zero-order chi connectivity index (χ0) is 20.8. The lowest BCUT2D eigenvalue weighted by Crippen LogP contribution is -2.45. The van der Waals surface area contributed by atoms with Gasteiger partial charge in [-0.25, -0.2) is 8.78 Å². The third-order valence-electron chi connectivity index (χ3n) is 5.19. The van der Waals surface area contributed by atoms with Gasteiger partial charge in [-0.05, 0) is 43.0 Å². The SMILES string of the molecule is N[C@@H](CC(=O)N1CCC[C@H]1CNC(=O)c1ccccc1F)Cc1ccccc1F. The normalized spacial score (nSPS) is 17.2. The van der Waals surface area contributed by atoms with Gasteiger partial charge in [0.1, 0.15) is 11.6 Å². The minimum atomic E-state index is -0.580. The van der Waals surface area contributed by atoms with E-state index in [0.29, 0.717) is 12.1 Å². The summed E-state index contributed by atoms with van der Waals surface area (Å²) in [5.74, 6) is -1.52.